The standard InChI is InChI=1S/C20H26N6O2/c1-12-13(2)22-17-6-5-15(9-16(12)17)10-21-20(27)26-8-7-25(4)18(11-26)19-23-14(3)24-28-19/h5-6,9,18,22H,7-8,10-11H2,1-4H3,(H,21,27). The lowest BCUT2D eigenvalue weighted by Crippen LogP contribution is -2.52. The number of urea groups is 1. The number of carbonyl (C=O) groups excluding carboxylic acids is 1. The molecule has 1 unspecified atom stereocenters. The largest absolute Gasteiger partial charge is 0.358 e. The lowest BCUT2D eigenvalue weighted by Gasteiger charge is -2.37. The lowest BCUT2D eigenvalue weighted by atomic mass is 10.1. The molecule has 2 N–H and O–H groups in total. The van der Waals surface area contributed by atoms with Gasteiger partial charge in [-0.1, -0.05) is 11.2 Å². The normalized spacial score (nSPS) is 18.0. The quantitative estimate of drug-likeness (QED) is 0.727. The van der Waals surface area contributed by atoms with Crippen molar-refractivity contribution in [1.29, 1.82) is 0 Å². The molecule has 28 heavy (non-hydrogen) atoms. The fourth-order valence-corrected chi connectivity index (χ4v) is 3.68. The second-order valence-corrected chi connectivity index (χ2v) is 7.54. The number of hydrogen-bond acceptors (Lipinski definition) is 5. The van der Waals surface area contributed by atoms with Gasteiger partial charge in [-0.05, 0) is 51.1 Å². The van der Waals surface area contributed by atoms with E-state index < -0.39 is 0 Å². The average Bonchev–Trinajstić information content (AvgIpc) is 3.23. The molecule has 0 aliphatic carbocycles. The van der Waals surface area contributed by atoms with Crippen LogP contribution in [0.2, 0.25) is 0 Å². The molecule has 1 saturated heterocycles. The van der Waals surface area contributed by atoms with Crippen molar-refractivity contribution < 1.29 is 9.32 Å². The summed E-state index contributed by atoms with van der Waals surface area (Å²) in [7, 11) is 2.01. The third-order valence-electron chi connectivity index (χ3n) is 5.58. The van der Waals surface area contributed by atoms with Gasteiger partial charge in [0.05, 0.1) is 0 Å². The number of likely N-dealkylation sites (N-methyl/N-ethyl adjacent to an activating group) is 1. The molecule has 0 saturated carbocycles. The molecule has 0 bridgehead atoms. The van der Waals surface area contributed by atoms with Crippen molar-refractivity contribution in [2.45, 2.75) is 33.4 Å². The predicted molar refractivity (Wildman–Crippen MR) is 106 cm³/mol. The Morgan fingerprint density at radius 2 is 2.14 bits per heavy atom. The zero-order valence-corrected chi connectivity index (χ0v) is 16.7. The number of fused-ring (bicyclic) bond motifs is 1. The van der Waals surface area contributed by atoms with Gasteiger partial charge in [-0.2, -0.15) is 4.98 Å². The van der Waals surface area contributed by atoms with Crippen molar-refractivity contribution in [3.05, 3.63) is 46.7 Å². The van der Waals surface area contributed by atoms with E-state index in [1.54, 1.807) is 6.92 Å². The van der Waals surface area contributed by atoms with Gasteiger partial charge < -0.3 is 19.7 Å². The summed E-state index contributed by atoms with van der Waals surface area (Å²) in [6.07, 6.45) is 0. The minimum absolute atomic E-state index is 0.0728. The molecule has 2 amide bonds. The Morgan fingerprint density at radius 3 is 2.89 bits per heavy atom. The Kier molecular flexibility index (Phi) is 4.80. The Morgan fingerprint density at radius 1 is 1.32 bits per heavy atom. The van der Waals surface area contributed by atoms with Gasteiger partial charge in [0.1, 0.15) is 6.04 Å². The number of rotatable bonds is 3. The van der Waals surface area contributed by atoms with Gasteiger partial charge in [0.15, 0.2) is 5.82 Å². The van der Waals surface area contributed by atoms with Crippen LogP contribution in [0.25, 0.3) is 10.9 Å². The molecule has 1 aliphatic heterocycles. The smallest absolute Gasteiger partial charge is 0.317 e. The monoisotopic (exact) mass is 382 g/mol. The van der Waals surface area contributed by atoms with Crippen molar-refractivity contribution in [3.63, 3.8) is 0 Å². The number of carbonyl (C=O) groups is 1. The van der Waals surface area contributed by atoms with E-state index in [1.165, 1.54) is 16.6 Å². The van der Waals surface area contributed by atoms with E-state index in [-0.39, 0.29) is 12.1 Å². The van der Waals surface area contributed by atoms with Crippen LogP contribution in [0.4, 0.5) is 4.79 Å². The number of hydrogen-bond donors (Lipinski definition) is 2. The van der Waals surface area contributed by atoms with E-state index in [1.807, 2.05) is 18.0 Å². The summed E-state index contributed by atoms with van der Waals surface area (Å²) in [6.45, 7) is 8.43. The highest BCUT2D eigenvalue weighted by atomic mass is 16.5. The van der Waals surface area contributed by atoms with Crippen LogP contribution in [0.15, 0.2) is 22.7 Å². The molecule has 1 fully saturated rings. The number of piperazine rings is 1. The topological polar surface area (TPSA) is 90.3 Å². The molecule has 3 aromatic rings. The molecule has 8 heteroatoms. The Labute approximate surface area is 163 Å². The number of aryl methyl sites for hydroxylation is 3. The molecule has 0 spiro atoms. The third-order valence-corrected chi connectivity index (χ3v) is 5.58. The minimum Gasteiger partial charge on any atom is -0.358 e. The second-order valence-electron chi connectivity index (χ2n) is 7.54. The summed E-state index contributed by atoms with van der Waals surface area (Å²) in [5.74, 6) is 1.16. The van der Waals surface area contributed by atoms with Gasteiger partial charge in [-0.3, -0.25) is 4.90 Å². The maximum Gasteiger partial charge on any atom is 0.317 e. The van der Waals surface area contributed by atoms with Crippen molar-refractivity contribution >= 4 is 16.9 Å². The summed E-state index contributed by atoms with van der Waals surface area (Å²) in [5, 5.41) is 8.12. The van der Waals surface area contributed by atoms with E-state index in [0.717, 1.165) is 17.6 Å². The first-order valence-corrected chi connectivity index (χ1v) is 9.53. The molecule has 0 radical (unpaired) electrons. The molecular weight excluding hydrogens is 356 g/mol. The molecule has 4 rings (SSSR count). The van der Waals surface area contributed by atoms with E-state index in [2.05, 4.69) is 51.3 Å². The molecular formula is C20H26N6O2. The number of nitrogens with one attached hydrogen (secondary N) is 2. The van der Waals surface area contributed by atoms with Crippen LogP contribution in [0.3, 0.4) is 0 Å². The highest BCUT2D eigenvalue weighted by Gasteiger charge is 2.32. The summed E-state index contributed by atoms with van der Waals surface area (Å²) >= 11 is 0. The predicted octanol–water partition coefficient (Wildman–Crippen LogP) is 2.67. The van der Waals surface area contributed by atoms with Crippen LogP contribution >= 0.6 is 0 Å². The molecule has 1 atom stereocenters. The SMILES string of the molecule is Cc1noc(C2CN(C(=O)NCc3ccc4[nH]c(C)c(C)c4c3)CCN2C)n1. The van der Waals surface area contributed by atoms with Crippen LogP contribution in [-0.4, -0.2) is 57.6 Å². The number of aromatic amines is 1. The van der Waals surface area contributed by atoms with Crippen LogP contribution in [0, 0.1) is 20.8 Å². The number of aromatic nitrogens is 3. The number of benzene rings is 1. The average molecular weight is 382 g/mol. The van der Waals surface area contributed by atoms with Gasteiger partial charge in [-0.25, -0.2) is 4.79 Å². The van der Waals surface area contributed by atoms with Gasteiger partial charge in [0.2, 0.25) is 5.89 Å². The maximum absolute atomic E-state index is 12.7. The van der Waals surface area contributed by atoms with Gasteiger partial charge >= 0.3 is 6.03 Å². The molecule has 8 nitrogen and oxygen atoms in total. The van der Waals surface area contributed by atoms with E-state index >= 15 is 0 Å². The zero-order chi connectivity index (χ0) is 19.8. The van der Waals surface area contributed by atoms with Crippen LogP contribution in [0.1, 0.15) is 34.6 Å². The zero-order valence-electron chi connectivity index (χ0n) is 16.7. The first-order chi connectivity index (χ1) is 13.4. The summed E-state index contributed by atoms with van der Waals surface area (Å²) < 4.78 is 5.32. The van der Waals surface area contributed by atoms with Gasteiger partial charge in [0, 0.05) is 42.8 Å². The molecule has 148 valence electrons. The third kappa shape index (κ3) is 3.47. The maximum atomic E-state index is 12.7. The Hall–Kier alpha value is -2.87. The first-order valence-electron chi connectivity index (χ1n) is 9.53. The molecule has 1 aliphatic rings. The van der Waals surface area contributed by atoms with Crippen molar-refractivity contribution in [1.82, 2.24) is 30.2 Å². The van der Waals surface area contributed by atoms with Crippen molar-refractivity contribution in [3.8, 4) is 0 Å². The summed E-state index contributed by atoms with van der Waals surface area (Å²) in [5.41, 5.74) is 4.64. The number of H-pyrrole nitrogens is 1. The van der Waals surface area contributed by atoms with Crippen LogP contribution < -0.4 is 5.32 Å². The second kappa shape index (κ2) is 7.27. The summed E-state index contributed by atoms with van der Waals surface area (Å²) in [4.78, 5) is 24.4. The van der Waals surface area contributed by atoms with Gasteiger partial charge in [-0.15, -0.1) is 0 Å². The molecule has 3 heterocycles. The molecule has 2 aromatic heterocycles. The van der Waals surface area contributed by atoms with Gasteiger partial charge in [0.25, 0.3) is 0 Å². The Bertz CT molecular complexity index is 1010. The lowest BCUT2D eigenvalue weighted by molar-refractivity contribution is 0.0910. The fourth-order valence-electron chi connectivity index (χ4n) is 3.68. The minimum atomic E-state index is -0.0810. The number of nitrogens with zero attached hydrogens (tertiary/aromatic N) is 4. The first kappa shape index (κ1) is 18.5. The van der Waals surface area contributed by atoms with Crippen LogP contribution in [0.5, 0.6) is 0 Å². The fraction of sp³-hybridized carbons (Fsp3) is 0.450. The van der Waals surface area contributed by atoms with E-state index in [4.69, 9.17) is 4.52 Å². The Balaban J connectivity index is 1.41. The van der Waals surface area contributed by atoms with Crippen molar-refractivity contribution in [2.75, 3.05) is 26.7 Å². The van der Waals surface area contributed by atoms with Crippen LogP contribution in [-0.2, 0) is 6.54 Å². The highest BCUT2D eigenvalue weighted by molar-refractivity contribution is 5.85. The summed E-state index contributed by atoms with van der Waals surface area (Å²) in [6, 6.07) is 6.11. The van der Waals surface area contributed by atoms with Crippen molar-refractivity contribution in [2.24, 2.45) is 0 Å². The highest BCUT2D eigenvalue weighted by Crippen LogP contribution is 2.24. The molecule has 1 aromatic carbocycles. The number of amides is 2. The van der Waals surface area contributed by atoms with E-state index in [9.17, 15) is 4.79 Å². The van der Waals surface area contributed by atoms with E-state index in [0.29, 0.717) is 31.3 Å².